The smallest absolute Gasteiger partial charge is 0.257 e. The van der Waals surface area contributed by atoms with Crippen molar-refractivity contribution in [2.24, 2.45) is 5.41 Å². The number of fused-ring (bicyclic) bond motifs is 1. The van der Waals surface area contributed by atoms with Crippen LogP contribution in [0.4, 0.5) is 4.39 Å². The molecule has 0 radical (unpaired) electrons. The third-order valence-electron chi connectivity index (χ3n) is 5.81. The van der Waals surface area contributed by atoms with Gasteiger partial charge < -0.3 is 24.5 Å². The summed E-state index contributed by atoms with van der Waals surface area (Å²) >= 11 is 0. The highest BCUT2D eigenvalue weighted by atomic mass is 19.1. The van der Waals surface area contributed by atoms with E-state index in [0.29, 0.717) is 13.0 Å². The van der Waals surface area contributed by atoms with Gasteiger partial charge in [-0.25, -0.2) is 4.39 Å². The number of nitrogens with zero attached hydrogens (tertiary/aromatic N) is 1. The number of nitrogens with one attached hydrogen (secondary N) is 1. The van der Waals surface area contributed by atoms with Crippen molar-refractivity contribution in [1.82, 2.24) is 9.88 Å². The van der Waals surface area contributed by atoms with Crippen LogP contribution in [0.2, 0.25) is 0 Å². The van der Waals surface area contributed by atoms with E-state index >= 15 is 0 Å². The van der Waals surface area contributed by atoms with E-state index in [1.807, 2.05) is 0 Å². The molecular formula is C22H25FN2O6. The zero-order valence-electron chi connectivity index (χ0n) is 17.6. The average molecular weight is 432 g/mol. The minimum absolute atomic E-state index is 0.137. The first kappa shape index (κ1) is 22.6. The maximum Gasteiger partial charge on any atom is 0.257 e. The Morgan fingerprint density at radius 2 is 2.03 bits per heavy atom. The highest BCUT2D eigenvalue weighted by Gasteiger charge is 2.48. The third kappa shape index (κ3) is 4.11. The van der Waals surface area contributed by atoms with E-state index in [1.165, 1.54) is 43.2 Å². The van der Waals surface area contributed by atoms with Crippen LogP contribution in [0.25, 0.3) is 0 Å². The van der Waals surface area contributed by atoms with Gasteiger partial charge in [0.2, 0.25) is 5.43 Å². The fourth-order valence-electron chi connectivity index (χ4n) is 3.83. The molecule has 1 aromatic heterocycles. The van der Waals surface area contributed by atoms with Crippen LogP contribution in [0.1, 0.15) is 39.8 Å². The predicted molar refractivity (Wildman–Crippen MR) is 110 cm³/mol. The molecule has 0 aliphatic carbocycles. The van der Waals surface area contributed by atoms with E-state index in [1.54, 1.807) is 13.0 Å². The number of hydrogen-bond donors (Lipinski definition) is 2. The number of rotatable bonds is 7. The van der Waals surface area contributed by atoms with Crippen LogP contribution < -0.4 is 10.7 Å². The van der Waals surface area contributed by atoms with Gasteiger partial charge in [-0.05, 0) is 19.4 Å². The highest BCUT2D eigenvalue weighted by Crippen LogP contribution is 2.39. The lowest BCUT2D eigenvalue weighted by atomic mass is 9.73. The summed E-state index contributed by atoms with van der Waals surface area (Å²) in [6, 6.07) is 5.92. The number of benzene rings is 1. The SMILES string of the molecule is COCC[C@]1(C)C(=O)c2c(O)c(=O)c(C(=O)NCc3ccccc3F)cn2C[C@@H]1OC. The van der Waals surface area contributed by atoms with Gasteiger partial charge in [0, 0.05) is 39.1 Å². The van der Waals surface area contributed by atoms with Crippen LogP contribution in [0.5, 0.6) is 5.75 Å². The van der Waals surface area contributed by atoms with Gasteiger partial charge in [-0.1, -0.05) is 18.2 Å². The fraction of sp³-hybridized carbons (Fsp3) is 0.409. The molecule has 0 spiro atoms. The number of ketones is 1. The number of aromatic hydroxyl groups is 1. The molecule has 2 atom stereocenters. The molecule has 9 heteroatoms. The number of carbonyl (C=O) groups is 2. The third-order valence-corrected chi connectivity index (χ3v) is 5.81. The number of hydrogen-bond acceptors (Lipinski definition) is 6. The van der Waals surface area contributed by atoms with Crippen LogP contribution >= 0.6 is 0 Å². The van der Waals surface area contributed by atoms with Crippen LogP contribution in [0.3, 0.4) is 0 Å². The zero-order chi connectivity index (χ0) is 22.8. The predicted octanol–water partition coefficient (Wildman–Crippen LogP) is 1.88. The lowest BCUT2D eigenvalue weighted by molar-refractivity contribution is -0.0262. The summed E-state index contributed by atoms with van der Waals surface area (Å²) in [4.78, 5) is 38.5. The molecule has 2 heterocycles. The van der Waals surface area contributed by atoms with Crippen molar-refractivity contribution in [3.05, 3.63) is 63.3 Å². The highest BCUT2D eigenvalue weighted by molar-refractivity contribution is 6.03. The first-order valence-corrected chi connectivity index (χ1v) is 9.79. The Hall–Kier alpha value is -3.04. The molecule has 1 aromatic carbocycles. The molecule has 1 amide bonds. The fourth-order valence-corrected chi connectivity index (χ4v) is 3.83. The monoisotopic (exact) mass is 432 g/mol. The molecular weight excluding hydrogens is 407 g/mol. The van der Waals surface area contributed by atoms with Crippen molar-refractivity contribution in [2.45, 2.75) is 32.5 Å². The van der Waals surface area contributed by atoms with Gasteiger partial charge in [-0.2, -0.15) is 0 Å². The number of carbonyl (C=O) groups excluding carboxylic acids is 2. The second kappa shape index (κ2) is 8.99. The summed E-state index contributed by atoms with van der Waals surface area (Å²) in [6.45, 7) is 2.01. The maximum absolute atomic E-state index is 13.8. The van der Waals surface area contributed by atoms with E-state index in [2.05, 4.69) is 5.32 Å². The molecule has 0 unspecified atom stereocenters. The van der Waals surface area contributed by atoms with Crippen molar-refractivity contribution in [3.8, 4) is 5.75 Å². The largest absolute Gasteiger partial charge is 0.503 e. The Morgan fingerprint density at radius 1 is 1.32 bits per heavy atom. The molecule has 0 bridgehead atoms. The number of pyridine rings is 1. The second-order valence-corrected chi connectivity index (χ2v) is 7.71. The van der Waals surface area contributed by atoms with Crippen LogP contribution in [-0.4, -0.2) is 48.3 Å². The van der Waals surface area contributed by atoms with Gasteiger partial charge in [0.25, 0.3) is 5.91 Å². The standard InChI is InChI=1S/C22H25FN2O6/c1-22(8-9-30-2)16(31-3)12-25-11-14(18(26)19(27)17(25)20(22)28)21(29)24-10-13-6-4-5-7-15(13)23/h4-7,11,16,27H,8-10,12H2,1-3H3,(H,24,29)/t16-,22-/m0/s1. The molecule has 0 fully saturated rings. The Bertz CT molecular complexity index is 1070. The number of halogens is 1. The summed E-state index contributed by atoms with van der Waals surface area (Å²) in [5.41, 5.74) is -2.23. The molecule has 0 saturated carbocycles. The number of ether oxygens (including phenoxy) is 2. The Kier molecular flexibility index (Phi) is 6.56. The quantitative estimate of drug-likeness (QED) is 0.692. The van der Waals surface area contributed by atoms with Gasteiger partial charge in [0.1, 0.15) is 17.1 Å². The lowest BCUT2D eigenvalue weighted by Crippen LogP contribution is -2.50. The van der Waals surface area contributed by atoms with E-state index in [4.69, 9.17) is 9.47 Å². The van der Waals surface area contributed by atoms with Gasteiger partial charge in [0.15, 0.2) is 11.5 Å². The molecule has 8 nitrogen and oxygen atoms in total. The summed E-state index contributed by atoms with van der Waals surface area (Å²) in [7, 11) is 2.99. The number of Topliss-reactive ketones (excluding diaryl/α,β-unsaturated/α-hetero) is 1. The van der Waals surface area contributed by atoms with Gasteiger partial charge in [-0.3, -0.25) is 14.4 Å². The Labute approximate surface area is 178 Å². The van der Waals surface area contributed by atoms with E-state index in [-0.39, 0.29) is 29.9 Å². The minimum atomic E-state index is -1.01. The molecule has 3 rings (SSSR count). The van der Waals surface area contributed by atoms with Crippen molar-refractivity contribution < 1.29 is 28.6 Å². The molecule has 166 valence electrons. The summed E-state index contributed by atoms with van der Waals surface area (Å²) in [6.07, 6.45) is 1.01. The normalized spacial score (nSPS) is 20.4. The Balaban J connectivity index is 1.95. The van der Waals surface area contributed by atoms with Crippen molar-refractivity contribution >= 4 is 11.7 Å². The van der Waals surface area contributed by atoms with E-state index < -0.39 is 40.2 Å². The number of amides is 1. The molecule has 0 saturated heterocycles. The van der Waals surface area contributed by atoms with Crippen molar-refractivity contribution in [3.63, 3.8) is 0 Å². The summed E-state index contributed by atoms with van der Waals surface area (Å²) < 4.78 is 25.8. The summed E-state index contributed by atoms with van der Waals surface area (Å²) in [5, 5.41) is 13.0. The molecule has 31 heavy (non-hydrogen) atoms. The van der Waals surface area contributed by atoms with Crippen molar-refractivity contribution in [1.29, 1.82) is 0 Å². The first-order valence-electron chi connectivity index (χ1n) is 9.79. The van der Waals surface area contributed by atoms with Crippen LogP contribution in [0.15, 0.2) is 35.3 Å². The van der Waals surface area contributed by atoms with Crippen molar-refractivity contribution in [2.75, 3.05) is 20.8 Å². The maximum atomic E-state index is 13.8. The zero-order valence-corrected chi connectivity index (χ0v) is 17.6. The Morgan fingerprint density at radius 3 is 2.68 bits per heavy atom. The molecule has 2 aromatic rings. The van der Waals surface area contributed by atoms with Gasteiger partial charge in [0.05, 0.1) is 18.1 Å². The first-order chi connectivity index (χ1) is 14.7. The van der Waals surface area contributed by atoms with Crippen LogP contribution in [0, 0.1) is 11.2 Å². The number of methoxy groups -OCH3 is 2. The van der Waals surface area contributed by atoms with Gasteiger partial charge >= 0.3 is 0 Å². The van der Waals surface area contributed by atoms with E-state index in [9.17, 15) is 23.9 Å². The minimum Gasteiger partial charge on any atom is -0.503 e. The second-order valence-electron chi connectivity index (χ2n) is 7.71. The molecule has 1 aliphatic rings. The topological polar surface area (TPSA) is 107 Å². The average Bonchev–Trinajstić information content (AvgIpc) is 2.76. The summed E-state index contributed by atoms with van der Waals surface area (Å²) in [5.74, 6) is -2.53. The lowest BCUT2D eigenvalue weighted by Gasteiger charge is -2.40. The van der Waals surface area contributed by atoms with E-state index in [0.717, 1.165) is 0 Å². The number of aromatic nitrogens is 1. The van der Waals surface area contributed by atoms with Gasteiger partial charge in [-0.15, -0.1) is 0 Å². The molecule has 1 aliphatic heterocycles. The molecule has 2 N–H and O–H groups in total. The van der Waals surface area contributed by atoms with Crippen LogP contribution in [-0.2, 0) is 22.6 Å².